The van der Waals surface area contributed by atoms with Crippen LogP contribution in [0.15, 0.2) is 23.2 Å². The van der Waals surface area contributed by atoms with Gasteiger partial charge in [-0.15, -0.1) is 0 Å². The summed E-state index contributed by atoms with van der Waals surface area (Å²) in [5.74, 6) is 1.44. The zero-order valence-corrected chi connectivity index (χ0v) is 9.20. The second-order valence-corrected chi connectivity index (χ2v) is 3.42. The van der Waals surface area contributed by atoms with Gasteiger partial charge < -0.3 is 0 Å². The van der Waals surface area contributed by atoms with E-state index in [-0.39, 0.29) is 15.7 Å². The van der Waals surface area contributed by atoms with Gasteiger partial charge in [-0.2, -0.15) is 0 Å². The summed E-state index contributed by atoms with van der Waals surface area (Å²) in [7, 11) is 1.25. The minimum absolute atomic E-state index is 0.0501. The predicted molar refractivity (Wildman–Crippen MR) is 61.2 cm³/mol. The van der Waals surface area contributed by atoms with Crippen LogP contribution in [0.2, 0.25) is 10.0 Å². The molecule has 16 heavy (non-hydrogen) atoms. The topological polar surface area (TPSA) is 72.6 Å². The van der Waals surface area contributed by atoms with E-state index in [1.165, 1.54) is 19.1 Å². The summed E-state index contributed by atoms with van der Waals surface area (Å²) in [5.41, 5.74) is 0.0958. The van der Waals surface area contributed by atoms with E-state index in [2.05, 4.69) is 4.90 Å². The van der Waals surface area contributed by atoms with Gasteiger partial charge in [-0.1, -0.05) is 0 Å². The van der Waals surface area contributed by atoms with Crippen LogP contribution >= 0.6 is 23.2 Å². The summed E-state index contributed by atoms with van der Waals surface area (Å²) in [6.45, 7) is 0. The molecule has 0 unspecified atom stereocenters. The molecule has 0 bridgehead atoms. The first-order chi connectivity index (χ1) is 7.56. The van der Waals surface area contributed by atoms with Crippen molar-refractivity contribution in [2.75, 3.05) is 0 Å². The molecule has 1 aromatic carbocycles. The number of hydrogen-bond donors (Lipinski definition) is 0. The molecule has 80 valence electrons. The zero-order valence-electron chi connectivity index (χ0n) is 7.68. The van der Waals surface area contributed by atoms with Crippen molar-refractivity contribution in [2.24, 2.45) is 4.90 Å². The van der Waals surface area contributed by atoms with Gasteiger partial charge in [0.25, 0.3) is 0 Å². The van der Waals surface area contributed by atoms with Crippen molar-refractivity contribution in [3.05, 3.63) is 38.5 Å². The molecule has 0 aliphatic rings. The van der Waals surface area contributed by atoms with Crippen LogP contribution in [0.4, 0.5) is 5.69 Å². The van der Waals surface area contributed by atoms with E-state index in [0.717, 1.165) is 12.3 Å². The fourth-order valence-corrected chi connectivity index (χ4v) is 1.39. The molecule has 0 spiro atoms. The molecule has 0 saturated heterocycles. The third-order valence-corrected chi connectivity index (χ3v) is 2.23. The first-order valence-electron chi connectivity index (χ1n) is 3.92. The monoisotopic (exact) mass is 256 g/mol. The average Bonchev–Trinajstić information content (AvgIpc) is 2.22. The summed E-state index contributed by atoms with van der Waals surface area (Å²) in [5, 5.41) is 10.6. The molecule has 0 amide bonds. The molecule has 0 heterocycles. The summed E-state index contributed by atoms with van der Waals surface area (Å²) in [6, 6.07) is 2.42. The standard InChI is InChI=1S/C8H3BCl2N2O3/c10-6-4-8(13(15)16)7(11)3-5(6)9-12-1-2-14/h1,3-4H. The molecule has 0 atom stereocenters. The zero-order chi connectivity index (χ0) is 12.1. The van der Waals surface area contributed by atoms with Crippen LogP contribution in [-0.2, 0) is 4.79 Å². The fourth-order valence-electron chi connectivity index (χ4n) is 0.939. The molecular weight excluding hydrogens is 254 g/mol. The third kappa shape index (κ3) is 3.00. The Kier molecular flexibility index (Phi) is 4.37. The number of halogens is 2. The van der Waals surface area contributed by atoms with E-state index in [1.54, 1.807) is 0 Å². The Labute approximate surface area is 101 Å². The Balaban J connectivity index is 3.20. The fraction of sp³-hybridized carbons (Fsp3) is 0. The number of nitro groups is 1. The van der Waals surface area contributed by atoms with Crippen molar-refractivity contribution >= 4 is 47.4 Å². The Morgan fingerprint density at radius 2 is 2.12 bits per heavy atom. The Morgan fingerprint density at radius 3 is 2.69 bits per heavy atom. The van der Waals surface area contributed by atoms with Crippen molar-refractivity contribution in [3.8, 4) is 0 Å². The second kappa shape index (κ2) is 5.56. The van der Waals surface area contributed by atoms with Crippen molar-refractivity contribution in [1.29, 1.82) is 0 Å². The van der Waals surface area contributed by atoms with E-state index >= 15 is 0 Å². The van der Waals surface area contributed by atoms with Crippen molar-refractivity contribution < 1.29 is 9.72 Å². The van der Waals surface area contributed by atoms with E-state index in [4.69, 9.17) is 23.2 Å². The van der Waals surface area contributed by atoms with E-state index in [0.29, 0.717) is 5.46 Å². The molecule has 0 N–H and O–H groups in total. The van der Waals surface area contributed by atoms with Gasteiger partial charge in [-0.05, 0) is 0 Å². The summed E-state index contributed by atoms with van der Waals surface area (Å²) >= 11 is 11.4. The first kappa shape index (κ1) is 12.6. The van der Waals surface area contributed by atoms with Crippen LogP contribution in [0.1, 0.15) is 0 Å². The van der Waals surface area contributed by atoms with Crippen LogP contribution in [0.5, 0.6) is 0 Å². The molecule has 0 aliphatic carbocycles. The molecule has 1 rings (SSSR count). The summed E-state index contributed by atoms with van der Waals surface area (Å²) in [4.78, 5) is 23.3. The maximum absolute atomic E-state index is 10.5. The molecule has 1 aromatic rings. The number of nitrogens with zero attached hydrogens (tertiary/aromatic N) is 2. The molecule has 8 heteroatoms. The van der Waals surface area contributed by atoms with E-state index in [9.17, 15) is 14.9 Å². The van der Waals surface area contributed by atoms with Crippen LogP contribution in [0.3, 0.4) is 0 Å². The van der Waals surface area contributed by atoms with Crippen LogP contribution < -0.4 is 5.46 Å². The number of nitro benzene ring substituents is 1. The van der Waals surface area contributed by atoms with Crippen molar-refractivity contribution in [2.45, 2.75) is 0 Å². The third-order valence-electron chi connectivity index (χ3n) is 1.60. The molecule has 0 fully saturated rings. The van der Waals surface area contributed by atoms with Crippen LogP contribution in [0.25, 0.3) is 0 Å². The predicted octanol–water partition coefficient (Wildman–Crippen LogP) is 1.76. The quantitative estimate of drug-likeness (QED) is 0.358. The van der Waals surface area contributed by atoms with Crippen molar-refractivity contribution in [1.82, 2.24) is 0 Å². The number of hydrogen-bond acceptors (Lipinski definition) is 4. The molecular formula is C8H3BCl2N2O3. The average molecular weight is 257 g/mol. The van der Waals surface area contributed by atoms with Gasteiger partial charge >= 0.3 is 100 Å². The van der Waals surface area contributed by atoms with Gasteiger partial charge in [0.05, 0.1) is 0 Å². The van der Waals surface area contributed by atoms with Crippen LogP contribution in [0, 0.1) is 10.1 Å². The van der Waals surface area contributed by atoms with E-state index < -0.39 is 4.92 Å². The van der Waals surface area contributed by atoms with Gasteiger partial charge in [-0.25, -0.2) is 0 Å². The minimum atomic E-state index is -0.638. The Bertz CT molecular complexity index is 512. The van der Waals surface area contributed by atoms with Gasteiger partial charge in [-0.3, -0.25) is 0 Å². The maximum atomic E-state index is 10.5. The van der Waals surface area contributed by atoms with Gasteiger partial charge in [0.2, 0.25) is 0 Å². The van der Waals surface area contributed by atoms with Gasteiger partial charge in [0, 0.05) is 0 Å². The summed E-state index contributed by atoms with van der Waals surface area (Å²) < 4.78 is 0. The van der Waals surface area contributed by atoms with Crippen molar-refractivity contribution in [3.63, 3.8) is 0 Å². The number of benzene rings is 1. The number of carbonyl (C=O) groups excluding carboxylic acids is 1. The molecule has 0 aromatic heterocycles. The SMILES string of the molecule is O=C=CN=Bc1cc(Cl)c([N+](=O)[O-])cc1Cl. The Morgan fingerprint density at radius 1 is 1.44 bits per heavy atom. The molecule has 0 radical (unpaired) electrons. The van der Waals surface area contributed by atoms with Crippen LogP contribution in [-0.4, -0.2) is 17.9 Å². The summed E-state index contributed by atoms with van der Waals surface area (Å²) in [6.07, 6.45) is 0.894. The molecule has 0 aliphatic heterocycles. The van der Waals surface area contributed by atoms with Gasteiger partial charge in [0.15, 0.2) is 0 Å². The first-order valence-corrected chi connectivity index (χ1v) is 4.68. The molecule has 5 nitrogen and oxygen atoms in total. The molecule has 0 saturated carbocycles. The number of rotatable bonds is 3. The van der Waals surface area contributed by atoms with Gasteiger partial charge in [0.1, 0.15) is 0 Å². The Hall–Kier alpha value is -1.49. The normalized spacial score (nSPS) is 9.62. The van der Waals surface area contributed by atoms with E-state index in [1.807, 2.05) is 0 Å². The second-order valence-electron chi connectivity index (χ2n) is 2.61.